The molecule has 6 nitrogen and oxygen atoms in total. The highest BCUT2D eigenvalue weighted by molar-refractivity contribution is 6.30. The standard InChI is InChI=1S/C22H25ClN2O4/c1-16(19-3-2-4-20(23)13-19)24-21(26)15-29-22(27)18-7-5-17(6-8-18)14-25-9-11-28-12-10-25/h2-8,13,16H,9-12,14-15H2,1H3,(H,24,26)/t16-/m1/s1. The number of carbonyl (C=O) groups excluding carboxylic acids is 2. The number of benzene rings is 2. The number of hydrogen-bond acceptors (Lipinski definition) is 5. The SMILES string of the molecule is C[C@@H](NC(=O)COC(=O)c1ccc(CN2CCOCC2)cc1)c1cccc(Cl)c1. The Kier molecular flexibility index (Phi) is 7.63. The number of amides is 1. The predicted molar refractivity (Wildman–Crippen MR) is 111 cm³/mol. The number of halogens is 1. The van der Waals surface area contributed by atoms with Crippen molar-refractivity contribution in [1.29, 1.82) is 0 Å². The van der Waals surface area contributed by atoms with E-state index in [1.807, 2.05) is 31.2 Å². The summed E-state index contributed by atoms with van der Waals surface area (Å²) in [5, 5.41) is 3.40. The number of esters is 1. The molecular weight excluding hydrogens is 392 g/mol. The summed E-state index contributed by atoms with van der Waals surface area (Å²) in [4.78, 5) is 26.6. The molecule has 1 heterocycles. The molecule has 0 radical (unpaired) electrons. The average Bonchev–Trinajstić information content (AvgIpc) is 2.73. The summed E-state index contributed by atoms with van der Waals surface area (Å²) in [7, 11) is 0. The summed E-state index contributed by atoms with van der Waals surface area (Å²) in [6, 6.07) is 14.3. The van der Waals surface area contributed by atoms with E-state index in [-0.39, 0.29) is 18.6 Å². The van der Waals surface area contributed by atoms with Gasteiger partial charge in [-0.3, -0.25) is 9.69 Å². The first-order valence-electron chi connectivity index (χ1n) is 9.62. The van der Waals surface area contributed by atoms with Gasteiger partial charge >= 0.3 is 5.97 Å². The van der Waals surface area contributed by atoms with Gasteiger partial charge in [0.05, 0.1) is 24.8 Å². The van der Waals surface area contributed by atoms with Gasteiger partial charge in [-0.05, 0) is 42.3 Å². The second-order valence-electron chi connectivity index (χ2n) is 7.01. The van der Waals surface area contributed by atoms with Crippen molar-refractivity contribution in [3.05, 3.63) is 70.2 Å². The summed E-state index contributed by atoms with van der Waals surface area (Å²) >= 11 is 5.97. The normalized spacial score (nSPS) is 15.5. The fraction of sp³-hybridized carbons (Fsp3) is 0.364. The van der Waals surface area contributed by atoms with Crippen LogP contribution in [0.1, 0.15) is 34.5 Å². The Morgan fingerprint density at radius 1 is 1.17 bits per heavy atom. The van der Waals surface area contributed by atoms with Crippen molar-refractivity contribution in [3.8, 4) is 0 Å². The van der Waals surface area contributed by atoms with Crippen LogP contribution >= 0.6 is 11.6 Å². The molecule has 1 amide bonds. The first-order valence-corrected chi connectivity index (χ1v) is 10.00. The van der Waals surface area contributed by atoms with E-state index < -0.39 is 5.97 Å². The fourth-order valence-electron chi connectivity index (χ4n) is 3.12. The molecule has 1 fully saturated rings. The fourth-order valence-corrected chi connectivity index (χ4v) is 3.32. The van der Waals surface area contributed by atoms with E-state index in [4.69, 9.17) is 21.1 Å². The topological polar surface area (TPSA) is 67.9 Å². The van der Waals surface area contributed by atoms with Gasteiger partial charge in [-0.25, -0.2) is 4.79 Å². The van der Waals surface area contributed by atoms with Crippen molar-refractivity contribution >= 4 is 23.5 Å². The molecule has 2 aromatic carbocycles. The second kappa shape index (κ2) is 10.4. The Balaban J connectivity index is 1.45. The molecule has 0 saturated carbocycles. The molecule has 1 aliphatic rings. The summed E-state index contributed by atoms with van der Waals surface area (Å²) in [5.41, 5.74) is 2.43. The zero-order chi connectivity index (χ0) is 20.6. The Bertz CT molecular complexity index is 835. The quantitative estimate of drug-likeness (QED) is 0.702. The zero-order valence-corrected chi connectivity index (χ0v) is 17.2. The molecule has 154 valence electrons. The first-order chi connectivity index (χ1) is 14.0. The van der Waals surface area contributed by atoms with Crippen LogP contribution in [0.4, 0.5) is 0 Å². The lowest BCUT2D eigenvalue weighted by Crippen LogP contribution is -2.35. The van der Waals surface area contributed by atoms with Crippen molar-refractivity contribution in [2.24, 2.45) is 0 Å². The number of nitrogens with zero attached hydrogens (tertiary/aromatic N) is 1. The van der Waals surface area contributed by atoms with Crippen LogP contribution in [0.5, 0.6) is 0 Å². The molecule has 0 unspecified atom stereocenters. The average molecular weight is 417 g/mol. The molecule has 3 rings (SSSR count). The lowest BCUT2D eigenvalue weighted by Gasteiger charge is -2.26. The molecule has 0 aliphatic carbocycles. The third-order valence-corrected chi connectivity index (χ3v) is 5.00. The zero-order valence-electron chi connectivity index (χ0n) is 16.4. The van der Waals surface area contributed by atoms with Crippen molar-refractivity contribution in [2.75, 3.05) is 32.9 Å². The number of ether oxygens (including phenoxy) is 2. The lowest BCUT2D eigenvalue weighted by molar-refractivity contribution is -0.124. The summed E-state index contributed by atoms with van der Waals surface area (Å²) < 4.78 is 10.5. The van der Waals surface area contributed by atoms with Crippen LogP contribution in [0, 0.1) is 0 Å². The Hall–Kier alpha value is -2.41. The Morgan fingerprint density at radius 3 is 2.59 bits per heavy atom. The molecule has 2 aromatic rings. The van der Waals surface area contributed by atoms with Crippen LogP contribution in [0.25, 0.3) is 0 Å². The third kappa shape index (κ3) is 6.56. The smallest absolute Gasteiger partial charge is 0.338 e. The summed E-state index contributed by atoms with van der Waals surface area (Å²) in [5.74, 6) is -0.886. The van der Waals surface area contributed by atoms with Gasteiger partial charge in [0.1, 0.15) is 0 Å². The molecule has 1 atom stereocenters. The largest absolute Gasteiger partial charge is 0.452 e. The molecule has 1 N–H and O–H groups in total. The second-order valence-corrected chi connectivity index (χ2v) is 7.44. The van der Waals surface area contributed by atoms with Gasteiger partial charge in [-0.2, -0.15) is 0 Å². The molecule has 0 spiro atoms. The maximum absolute atomic E-state index is 12.2. The van der Waals surface area contributed by atoms with Gasteiger partial charge in [0.25, 0.3) is 5.91 Å². The van der Waals surface area contributed by atoms with Crippen LogP contribution in [0.15, 0.2) is 48.5 Å². The van der Waals surface area contributed by atoms with Crippen molar-refractivity contribution in [2.45, 2.75) is 19.5 Å². The first kappa shape index (κ1) is 21.3. The van der Waals surface area contributed by atoms with Crippen molar-refractivity contribution in [1.82, 2.24) is 10.2 Å². The minimum absolute atomic E-state index is 0.237. The minimum atomic E-state index is -0.520. The highest BCUT2D eigenvalue weighted by Crippen LogP contribution is 2.17. The Labute approximate surface area is 175 Å². The molecule has 1 saturated heterocycles. The van der Waals surface area contributed by atoms with E-state index in [0.29, 0.717) is 10.6 Å². The molecule has 29 heavy (non-hydrogen) atoms. The Morgan fingerprint density at radius 2 is 1.90 bits per heavy atom. The molecule has 0 aromatic heterocycles. The van der Waals surface area contributed by atoms with Gasteiger partial charge in [-0.1, -0.05) is 35.9 Å². The minimum Gasteiger partial charge on any atom is -0.452 e. The molecule has 7 heteroatoms. The van der Waals surface area contributed by atoms with Gasteiger partial charge in [0.2, 0.25) is 0 Å². The number of rotatable bonds is 7. The third-order valence-electron chi connectivity index (χ3n) is 4.76. The summed E-state index contributed by atoms with van der Waals surface area (Å²) in [6.45, 7) is 5.66. The van der Waals surface area contributed by atoms with Gasteiger partial charge in [0.15, 0.2) is 6.61 Å². The van der Waals surface area contributed by atoms with Crippen LogP contribution < -0.4 is 5.32 Å². The maximum Gasteiger partial charge on any atom is 0.338 e. The summed E-state index contributed by atoms with van der Waals surface area (Å²) in [6.07, 6.45) is 0. The van der Waals surface area contributed by atoms with Crippen LogP contribution in [0.2, 0.25) is 5.02 Å². The van der Waals surface area contributed by atoms with Gasteiger partial charge in [-0.15, -0.1) is 0 Å². The van der Waals surface area contributed by atoms with E-state index in [1.54, 1.807) is 24.3 Å². The number of nitrogens with one attached hydrogen (secondary N) is 1. The van der Waals surface area contributed by atoms with Gasteiger partial charge in [0, 0.05) is 24.7 Å². The van der Waals surface area contributed by atoms with Crippen LogP contribution in [-0.2, 0) is 20.8 Å². The monoisotopic (exact) mass is 416 g/mol. The highest BCUT2D eigenvalue weighted by atomic mass is 35.5. The predicted octanol–water partition coefficient (Wildman–Crippen LogP) is 3.21. The van der Waals surface area contributed by atoms with Gasteiger partial charge < -0.3 is 14.8 Å². The number of morpholine rings is 1. The number of carbonyl (C=O) groups is 2. The highest BCUT2D eigenvalue weighted by Gasteiger charge is 2.14. The lowest BCUT2D eigenvalue weighted by atomic mass is 10.1. The maximum atomic E-state index is 12.2. The molecule has 1 aliphatic heterocycles. The van der Waals surface area contributed by atoms with Crippen molar-refractivity contribution < 1.29 is 19.1 Å². The molecular formula is C22H25ClN2O4. The van der Waals surface area contributed by atoms with E-state index in [2.05, 4.69) is 10.2 Å². The van der Waals surface area contributed by atoms with Crippen LogP contribution in [-0.4, -0.2) is 49.7 Å². The van der Waals surface area contributed by atoms with E-state index >= 15 is 0 Å². The van der Waals surface area contributed by atoms with E-state index in [1.165, 1.54) is 0 Å². The van der Waals surface area contributed by atoms with Crippen LogP contribution in [0.3, 0.4) is 0 Å². The van der Waals surface area contributed by atoms with Crippen molar-refractivity contribution in [3.63, 3.8) is 0 Å². The van der Waals surface area contributed by atoms with E-state index in [9.17, 15) is 9.59 Å². The number of hydrogen-bond donors (Lipinski definition) is 1. The van der Waals surface area contributed by atoms with E-state index in [0.717, 1.165) is 44.0 Å². The molecule has 0 bridgehead atoms.